The lowest BCUT2D eigenvalue weighted by molar-refractivity contribution is 0.355. The number of nitrogens with two attached hydrogens (primary N) is 1. The molecule has 9 heteroatoms. The third-order valence-corrected chi connectivity index (χ3v) is 2.24. The molecule has 7 nitrogen and oxygen atoms in total. The summed E-state index contributed by atoms with van der Waals surface area (Å²) in [5.41, 5.74) is 2.21. The maximum Gasteiger partial charge on any atom is 0.330 e. The zero-order chi connectivity index (χ0) is 13.8. The van der Waals surface area contributed by atoms with Crippen LogP contribution in [0.5, 0.6) is 17.8 Å². The highest BCUT2D eigenvalue weighted by atomic mass is 35.5. The summed E-state index contributed by atoms with van der Waals surface area (Å²) in [5, 5.41) is 0.252. The molecule has 0 fully saturated rings. The minimum Gasteiger partial charge on any atom is -0.467 e. The molecule has 0 aliphatic rings. The highest BCUT2D eigenvalue weighted by Gasteiger charge is 2.11. The SMILES string of the molecule is COc1nc(NN)nc(Oc2ccc(Cl)cc2F)n1. The number of methoxy groups -OCH3 is 1. The summed E-state index contributed by atoms with van der Waals surface area (Å²) >= 11 is 5.63. The van der Waals surface area contributed by atoms with E-state index in [1.54, 1.807) is 0 Å². The molecular weight excluding hydrogens is 277 g/mol. The van der Waals surface area contributed by atoms with E-state index in [1.165, 1.54) is 19.2 Å². The molecule has 2 rings (SSSR count). The van der Waals surface area contributed by atoms with Crippen LogP contribution in [0.4, 0.5) is 10.3 Å². The Morgan fingerprint density at radius 3 is 2.63 bits per heavy atom. The van der Waals surface area contributed by atoms with Crippen molar-refractivity contribution in [2.75, 3.05) is 12.5 Å². The Balaban J connectivity index is 2.31. The molecule has 0 radical (unpaired) electrons. The normalized spacial score (nSPS) is 10.1. The quantitative estimate of drug-likeness (QED) is 0.652. The number of hydrogen-bond acceptors (Lipinski definition) is 7. The van der Waals surface area contributed by atoms with Crippen LogP contribution in [-0.4, -0.2) is 22.1 Å². The number of benzene rings is 1. The first-order valence-electron chi connectivity index (χ1n) is 5.02. The predicted octanol–water partition coefficient (Wildman–Crippen LogP) is 1.75. The largest absolute Gasteiger partial charge is 0.467 e. The van der Waals surface area contributed by atoms with Crippen LogP contribution >= 0.6 is 11.6 Å². The lowest BCUT2D eigenvalue weighted by atomic mass is 10.3. The monoisotopic (exact) mass is 285 g/mol. The molecular formula is C10H9ClFN5O2. The minimum atomic E-state index is -0.644. The molecule has 1 aromatic carbocycles. The number of aromatic nitrogens is 3. The molecule has 19 heavy (non-hydrogen) atoms. The highest BCUT2D eigenvalue weighted by molar-refractivity contribution is 6.30. The Kier molecular flexibility index (Phi) is 3.93. The lowest BCUT2D eigenvalue weighted by Crippen LogP contribution is -2.12. The molecule has 1 aromatic heterocycles. The van der Waals surface area contributed by atoms with Crippen LogP contribution in [0.15, 0.2) is 18.2 Å². The van der Waals surface area contributed by atoms with Crippen LogP contribution in [0, 0.1) is 5.82 Å². The third kappa shape index (κ3) is 3.18. The third-order valence-electron chi connectivity index (χ3n) is 2.00. The molecule has 0 bridgehead atoms. The van der Waals surface area contributed by atoms with Crippen LogP contribution in [0.2, 0.25) is 5.02 Å². The second-order valence-corrected chi connectivity index (χ2v) is 3.69. The Labute approximate surface area is 112 Å². The first-order valence-corrected chi connectivity index (χ1v) is 5.39. The zero-order valence-electron chi connectivity index (χ0n) is 9.72. The van der Waals surface area contributed by atoms with E-state index in [0.29, 0.717) is 0 Å². The van der Waals surface area contributed by atoms with E-state index in [0.717, 1.165) is 6.07 Å². The standard InChI is InChI=1S/C10H9ClFN5O2/c1-18-9-14-8(17-13)15-10(16-9)19-7-3-2-5(11)4-6(7)12/h2-4H,13H2,1H3,(H,14,15,16,17). The van der Waals surface area contributed by atoms with Gasteiger partial charge in [0.15, 0.2) is 11.6 Å². The molecule has 1 heterocycles. The van der Waals surface area contributed by atoms with Gasteiger partial charge in [0.25, 0.3) is 0 Å². The number of hydrogen-bond donors (Lipinski definition) is 2. The van der Waals surface area contributed by atoms with Gasteiger partial charge in [-0.15, -0.1) is 4.98 Å². The molecule has 0 amide bonds. The fraction of sp³-hybridized carbons (Fsp3) is 0.100. The van der Waals surface area contributed by atoms with E-state index in [4.69, 9.17) is 26.9 Å². The van der Waals surface area contributed by atoms with Crippen LogP contribution in [-0.2, 0) is 0 Å². The maximum absolute atomic E-state index is 13.5. The number of ether oxygens (including phenoxy) is 2. The smallest absolute Gasteiger partial charge is 0.330 e. The molecule has 0 aliphatic carbocycles. The molecule has 3 N–H and O–H groups in total. The molecule has 100 valence electrons. The Hall–Kier alpha value is -2.19. The Morgan fingerprint density at radius 2 is 2.00 bits per heavy atom. The molecule has 0 unspecified atom stereocenters. The van der Waals surface area contributed by atoms with Gasteiger partial charge in [0.1, 0.15) is 0 Å². The summed E-state index contributed by atoms with van der Waals surface area (Å²) in [6, 6.07) is 3.75. The van der Waals surface area contributed by atoms with Crippen molar-refractivity contribution in [3.8, 4) is 17.8 Å². The van der Waals surface area contributed by atoms with E-state index in [-0.39, 0.29) is 28.7 Å². The average molecular weight is 286 g/mol. The Morgan fingerprint density at radius 1 is 1.26 bits per heavy atom. The average Bonchev–Trinajstić information content (AvgIpc) is 2.41. The van der Waals surface area contributed by atoms with Crippen molar-refractivity contribution in [1.29, 1.82) is 0 Å². The zero-order valence-corrected chi connectivity index (χ0v) is 10.5. The van der Waals surface area contributed by atoms with E-state index < -0.39 is 5.82 Å². The van der Waals surface area contributed by atoms with Crippen LogP contribution in [0.25, 0.3) is 0 Å². The number of rotatable bonds is 4. The van der Waals surface area contributed by atoms with Crippen molar-refractivity contribution in [2.24, 2.45) is 5.84 Å². The number of hydrazine groups is 1. The van der Waals surface area contributed by atoms with Gasteiger partial charge in [0, 0.05) is 5.02 Å². The van der Waals surface area contributed by atoms with Crippen LogP contribution in [0.3, 0.4) is 0 Å². The second kappa shape index (κ2) is 5.63. The van der Waals surface area contributed by atoms with Gasteiger partial charge in [0.2, 0.25) is 5.95 Å². The summed E-state index contributed by atoms with van der Waals surface area (Å²) in [7, 11) is 1.36. The molecule has 0 atom stereocenters. The van der Waals surface area contributed by atoms with Gasteiger partial charge < -0.3 is 9.47 Å². The van der Waals surface area contributed by atoms with Crippen molar-refractivity contribution in [3.63, 3.8) is 0 Å². The number of halogens is 2. The summed E-state index contributed by atoms with van der Waals surface area (Å²) in [6.07, 6.45) is 0. The van der Waals surface area contributed by atoms with Crippen molar-refractivity contribution in [3.05, 3.63) is 29.0 Å². The van der Waals surface area contributed by atoms with Crippen LogP contribution < -0.4 is 20.7 Å². The maximum atomic E-state index is 13.5. The summed E-state index contributed by atoms with van der Waals surface area (Å²) < 4.78 is 23.6. The molecule has 0 aliphatic heterocycles. The highest BCUT2D eigenvalue weighted by Crippen LogP contribution is 2.25. The van der Waals surface area contributed by atoms with E-state index in [1.807, 2.05) is 0 Å². The fourth-order valence-electron chi connectivity index (χ4n) is 1.20. The molecule has 0 saturated heterocycles. The summed E-state index contributed by atoms with van der Waals surface area (Å²) in [4.78, 5) is 11.4. The van der Waals surface area contributed by atoms with Crippen molar-refractivity contribution >= 4 is 17.5 Å². The van der Waals surface area contributed by atoms with E-state index in [2.05, 4.69) is 20.4 Å². The van der Waals surface area contributed by atoms with E-state index >= 15 is 0 Å². The van der Waals surface area contributed by atoms with Gasteiger partial charge in [-0.25, -0.2) is 10.2 Å². The minimum absolute atomic E-state index is 0.0210. The van der Waals surface area contributed by atoms with Gasteiger partial charge in [0.05, 0.1) is 7.11 Å². The molecule has 2 aromatic rings. The topological polar surface area (TPSA) is 95.2 Å². The fourth-order valence-corrected chi connectivity index (χ4v) is 1.35. The lowest BCUT2D eigenvalue weighted by Gasteiger charge is -2.07. The van der Waals surface area contributed by atoms with Gasteiger partial charge in [-0.1, -0.05) is 11.6 Å². The predicted molar refractivity (Wildman–Crippen MR) is 65.7 cm³/mol. The van der Waals surface area contributed by atoms with Crippen molar-refractivity contribution in [2.45, 2.75) is 0 Å². The number of nitrogens with one attached hydrogen (secondary N) is 1. The second-order valence-electron chi connectivity index (χ2n) is 3.25. The van der Waals surface area contributed by atoms with Gasteiger partial charge in [-0.2, -0.15) is 9.97 Å². The number of nitrogen functional groups attached to an aromatic ring is 1. The molecule has 0 spiro atoms. The molecule has 0 saturated carbocycles. The number of anilines is 1. The van der Waals surface area contributed by atoms with Gasteiger partial charge in [-0.3, -0.25) is 5.43 Å². The summed E-state index contributed by atoms with van der Waals surface area (Å²) in [5.74, 6) is 4.48. The first kappa shape index (κ1) is 13.2. The van der Waals surface area contributed by atoms with Crippen molar-refractivity contribution in [1.82, 2.24) is 15.0 Å². The first-order chi connectivity index (χ1) is 9.12. The van der Waals surface area contributed by atoms with Crippen LogP contribution in [0.1, 0.15) is 0 Å². The van der Waals surface area contributed by atoms with Gasteiger partial charge in [-0.05, 0) is 18.2 Å². The van der Waals surface area contributed by atoms with Crippen molar-refractivity contribution < 1.29 is 13.9 Å². The van der Waals surface area contributed by atoms with E-state index in [9.17, 15) is 4.39 Å². The van der Waals surface area contributed by atoms with Gasteiger partial charge >= 0.3 is 12.0 Å². The number of nitrogens with zero attached hydrogens (tertiary/aromatic N) is 3. The summed E-state index contributed by atoms with van der Waals surface area (Å²) in [6.45, 7) is 0. The Bertz CT molecular complexity index is 576.